The second-order valence-electron chi connectivity index (χ2n) is 14.2. The number of anilines is 1. The Morgan fingerprint density at radius 1 is 0.917 bits per heavy atom. The fraction of sp³-hybridized carbons (Fsp3) is 0.568. The van der Waals surface area contributed by atoms with Gasteiger partial charge in [-0.2, -0.15) is 5.10 Å². The molecule has 3 aromatic rings. The summed E-state index contributed by atoms with van der Waals surface area (Å²) >= 11 is 0. The van der Waals surface area contributed by atoms with E-state index in [1.54, 1.807) is 0 Å². The molecule has 4 aliphatic heterocycles. The maximum absolute atomic E-state index is 14.3. The van der Waals surface area contributed by atoms with Gasteiger partial charge in [-0.1, -0.05) is 24.3 Å². The second-order valence-corrected chi connectivity index (χ2v) is 14.2. The SMILES string of the molecule is Cc1cc(CC(CC(=O)N2CCC(N3CCc4ccccc4NC3=O)CC2)C(=O)N2CCCN(C3CCNCC3)CC2)cc2cn[nH]c12. The summed E-state index contributed by atoms with van der Waals surface area (Å²) in [4.78, 5) is 49.9. The Morgan fingerprint density at radius 2 is 1.73 bits per heavy atom. The number of carbonyl (C=O) groups excluding carboxylic acids is 3. The van der Waals surface area contributed by atoms with E-state index in [1.165, 1.54) is 0 Å². The van der Waals surface area contributed by atoms with Crippen LogP contribution in [0.2, 0.25) is 0 Å². The number of carbonyl (C=O) groups is 3. The van der Waals surface area contributed by atoms with Gasteiger partial charge in [0.1, 0.15) is 0 Å². The number of aromatic nitrogens is 2. The van der Waals surface area contributed by atoms with Crippen molar-refractivity contribution in [3.05, 3.63) is 59.3 Å². The number of likely N-dealkylation sites (tertiary alicyclic amines) is 1. The minimum atomic E-state index is -0.431. The van der Waals surface area contributed by atoms with Crippen LogP contribution in [0.15, 0.2) is 42.6 Å². The number of H-pyrrole nitrogens is 1. The summed E-state index contributed by atoms with van der Waals surface area (Å²) in [6, 6.07) is 12.8. The second kappa shape index (κ2) is 14.7. The topological polar surface area (TPSA) is 117 Å². The van der Waals surface area contributed by atoms with Gasteiger partial charge in [0.2, 0.25) is 11.8 Å². The van der Waals surface area contributed by atoms with Crippen molar-refractivity contribution < 1.29 is 14.4 Å². The zero-order valence-corrected chi connectivity index (χ0v) is 28.3. The molecule has 256 valence electrons. The zero-order valence-electron chi connectivity index (χ0n) is 28.3. The molecule has 0 saturated carbocycles. The number of urea groups is 1. The molecule has 11 nitrogen and oxygen atoms in total. The number of aromatic amines is 1. The highest BCUT2D eigenvalue weighted by atomic mass is 16.2. The molecule has 5 heterocycles. The highest BCUT2D eigenvalue weighted by Gasteiger charge is 2.35. The van der Waals surface area contributed by atoms with Gasteiger partial charge in [-0.05, 0) is 93.8 Å². The van der Waals surface area contributed by atoms with Crippen molar-refractivity contribution >= 4 is 34.4 Å². The highest BCUT2D eigenvalue weighted by Crippen LogP contribution is 2.27. The molecule has 0 aliphatic carbocycles. The zero-order chi connectivity index (χ0) is 33.0. The van der Waals surface area contributed by atoms with Gasteiger partial charge in [-0.25, -0.2) is 4.79 Å². The average molecular weight is 655 g/mol. The van der Waals surface area contributed by atoms with Crippen LogP contribution in [0.1, 0.15) is 55.2 Å². The Balaban J connectivity index is 1.01. The number of nitrogens with one attached hydrogen (secondary N) is 3. The van der Waals surface area contributed by atoms with Crippen molar-refractivity contribution in [3.63, 3.8) is 0 Å². The minimum Gasteiger partial charge on any atom is -0.343 e. The van der Waals surface area contributed by atoms with Crippen LogP contribution >= 0.6 is 0 Å². The Labute approximate surface area is 283 Å². The third kappa shape index (κ3) is 7.22. The number of rotatable bonds is 7. The lowest BCUT2D eigenvalue weighted by Crippen LogP contribution is -2.50. The summed E-state index contributed by atoms with van der Waals surface area (Å²) in [6.07, 6.45) is 8.11. The van der Waals surface area contributed by atoms with E-state index >= 15 is 0 Å². The number of hydrogen-bond acceptors (Lipinski definition) is 6. The molecule has 3 fully saturated rings. The van der Waals surface area contributed by atoms with Crippen molar-refractivity contribution in [2.75, 3.05) is 64.2 Å². The van der Waals surface area contributed by atoms with E-state index in [4.69, 9.17) is 0 Å². The highest BCUT2D eigenvalue weighted by molar-refractivity contribution is 5.91. The van der Waals surface area contributed by atoms with Gasteiger partial charge in [-0.3, -0.25) is 19.6 Å². The molecule has 4 aliphatic rings. The molecular formula is C37H50N8O3. The first kappa shape index (κ1) is 32.6. The van der Waals surface area contributed by atoms with Crippen molar-refractivity contribution in [2.45, 2.75) is 70.4 Å². The molecule has 4 amide bonds. The Bertz CT molecular complexity index is 1610. The first-order valence-electron chi connectivity index (χ1n) is 18.0. The van der Waals surface area contributed by atoms with Gasteiger partial charge in [0.15, 0.2) is 0 Å². The fourth-order valence-electron chi connectivity index (χ4n) is 8.42. The Hall–Kier alpha value is -3.96. The Kier molecular flexibility index (Phi) is 9.95. The number of piperidine rings is 2. The number of benzene rings is 2. The molecule has 1 atom stereocenters. The van der Waals surface area contributed by atoms with Gasteiger partial charge in [0, 0.05) is 75.4 Å². The normalized spacial score (nSPS) is 21.0. The molecular weight excluding hydrogens is 604 g/mol. The predicted molar refractivity (Wildman–Crippen MR) is 187 cm³/mol. The third-order valence-corrected chi connectivity index (χ3v) is 11.1. The third-order valence-electron chi connectivity index (χ3n) is 11.1. The summed E-state index contributed by atoms with van der Waals surface area (Å²) in [5.74, 6) is -0.303. The molecule has 1 unspecified atom stereocenters. The van der Waals surface area contributed by atoms with E-state index in [0.717, 1.165) is 105 Å². The number of fused-ring (bicyclic) bond motifs is 2. The van der Waals surface area contributed by atoms with Crippen molar-refractivity contribution in [1.82, 2.24) is 35.1 Å². The molecule has 3 saturated heterocycles. The van der Waals surface area contributed by atoms with Crippen LogP contribution < -0.4 is 10.6 Å². The molecule has 48 heavy (non-hydrogen) atoms. The first-order chi connectivity index (χ1) is 23.4. The molecule has 1 aromatic heterocycles. The standard InChI is InChI=1S/C37H50N8O3/c1-26-21-27(23-30-25-39-41-35(26)30)22-29(36(47)44-15-4-14-42(19-20-44)31-7-12-38-13-8-31)24-34(46)43-16-10-32(11-17-43)45-18-9-28-5-2-3-6-33(28)40-37(45)48/h2-3,5-6,21,23,25,29,31-32,38H,4,7-20,22,24H2,1H3,(H,39,41)(H,40,48). The van der Waals surface area contributed by atoms with Crippen LogP contribution in [-0.4, -0.2) is 119 Å². The summed E-state index contributed by atoms with van der Waals surface area (Å²) in [7, 11) is 0. The fourth-order valence-corrected chi connectivity index (χ4v) is 8.42. The number of aryl methyl sites for hydroxylation is 1. The summed E-state index contributed by atoms with van der Waals surface area (Å²) in [5, 5.41) is 14.9. The Morgan fingerprint density at radius 3 is 2.56 bits per heavy atom. The molecule has 0 radical (unpaired) electrons. The molecule has 11 heteroatoms. The predicted octanol–water partition coefficient (Wildman–Crippen LogP) is 3.79. The average Bonchev–Trinajstić information content (AvgIpc) is 3.35. The van der Waals surface area contributed by atoms with E-state index in [1.807, 2.05) is 39.1 Å². The van der Waals surface area contributed by atoms with E-state index in [9.17, 15) is 14.4 Å². The summed E-state index contributed by atoms with van der Waals surface area (Å²) in [6.45, 7) is 9.39. The molecule has 0 bridgehead atoms. The minimum absolute atomic E-state index is 0.0341. The van der Waals surface area contributed by atoms with E-state index in [-0.39, 0.29) is 30.3 Å². The first-order valence-corrected chi connectivity index (χ1v) is 18.0. The van der Waals surface area contributed by atoms with Crippen molar-refractivity contribution in [2.24, 2.45) is 5.92 Å². The molecule has 2 aromatic carbocycles. The summed E-state index contributed by atoms with van der Waals surface area (Å²) < 4.78 is 0. The lowest BCUT2D eigenvalue weighted by molar-refractivity contribution is -0.142. The quantitative estimate of drug-likeness (QED) is 0.357. The van der Waals surface area contributed by atoms with Crippen LogP contribution in [0.3, 0.4) is 0 Å². The molecule has 0 spiro atoms. The monoisotopic (exact) mass is 654 g/mol. The lowest BCUT2D eigenvalue weighted by atomic mass is 9.92. The van der Waals surface area contributed by atoms with Crippen LogP contribution in [-0.2, 0) is 22.4 Å². The number of para-hydroxylation sites is 1. The van der Waals surface area contributed by atoms with Crippen LogP contribution in [0.4, 0.5) is 10.5 Å². The lowest BCUT2D eigenvalue weighted by Gasteiger charge is -2.38. The largest absolute Gasteiger partial charge is 0.343 e. The number of nitrogens with zero attached hydrogens (tertiary/aromatic N) is 5. The van der Waals surface area contributed by atoms with Gasteiger partial charge in [0.25, 0.3) is 0 Å². The van der Waals surface area contributed by atoms with Crippen LogP contribution in [0, 0.1) is 12.8 Å². The maximum Gasteiger partial charge on any atom is 0.322 e. The molecule has 3 N–H and O–H groups in total. The smallest absolute Gasteiger partial charge is 0.322 e. The van der Waals surface area contributed by atoms with E-state index < -0.39 is 5.92 Å². The van der Waals surface area contributed by atoms with Gasteiger partial charge < -0.3 is 25.3 Å². The number of hydrogen-bond donors (Lipinski definition) is 3. The van der Waals surface area contributed by atoms with Crippen molar-refractivity contribution in [3.8, 4) is 0 Å². The molecule has 7 rings (SSSR count). The van der Waals surface area contributed by atoms with Crippen LogP contribution in [0.5, 0.6) is 0 Å². The van der Waals surface area contributed by atoms with Crippen LogP contribution in [0.25, 0.3) is 10.9 Å². The maximum atomic E-state index is 14.3. The van der Waals surface area contributed by atoms with Gasteiger partial charge in [-0.15, -0.1) is 0 Å². The van der Waals surface area contributed by atoms with Gasteiger partial charge in [0.05, 0.1) is 17.6 Å². The van der Waals surface area contributed by atoms with Crippen molar-refractivity contribution in [1.29, 1.82) is 0 Å². The number of amides is 4. The van der Waals surface area contributed by atoms with Gasteiger partial charge >= 0.3 is 6.03 Å². The van der Waals surface area contributed by atoms with E-state index in [2.05, 4.69) is 50.9 Å². The summed E-state index contributed by atoms with van der Waals surface area (Å²) in [5.41, 5.74) is 5.20. The van der Waals surface area contributed by atoms with E-state index in [0.29, 0.717) is 38.6 Å².